The van der Waals surface area contributed by atoms with Gasteiger partial charge in [0.15, 0.2) is 11.5 Å². The van der Waals surface area contributed by atoms with E-state index in [9.17, 15) is 14.9 Å². The zero-order valence-electron chi connectivity index (χ0n) is 16.0. The van der Waals surface area contributed by atoms with Gasteiger partial charge in [0.05, 0.1) is 24.7 Å². The van der Waals surface area contributed by atoms with Gasteiger partial charge >= 0.3 is 0 Å². The lowest BCUT2D eigenvalue weighted by atomic mass is 10.0. The Morgan fingerprint density at radius 2 is 1.86 bits per heavy atom. The molecule has 0 saturated carbocycles. The van der Waals surface area contributed by atoms with E-state index < -0.39 is 4.92 Å². The molecule has 2 heterocycles. The number of likely N-dealkylation sites (tertiary alicyclic amines) is 1. The molecule has 2 aliphatic rings. The molecule has 0 unspecified atom stereocenters. The van der Waals surface area contributed by atoms with Crippen molar-refractivity contribution >= 4 is 17.3 Å². The second kappa shape index (κ2) is 8.48. The number of amides is 1. The van der Waals surface area contributed by atoms with Crippen LogP contribution in [0.15, 0.2) is 42.5 Å². The van der Waals surface area contributed by atoms with E-state index >= 15 is 0 Å². The van der Waals surface area contributed by atoms with Gasteiger partial charge in [-0.25, -0.2) is 0 Å². The van der Waals surface area contributed by atoms with Gasteiger partial charge in [0.2, 0.25) is 5.91 Å². The highest BCUT2D eigenvalue weighted by atomic mass is 16.6. The van der Waals surface area contributed by atoms with Gasteiger partial charge in [-0.3, -0.25) is 19.8 Å². The van der Waals surface area contributed by atoms with Gasteiger partial charge in [0.1, 0.15) is 0 Å². The number of nitro groups is 1. The fraction of sp³-hybridized carbons (Fsp3) is 0.381. The number of fused-ring (bicyclic) bond motifs is 1. The number of hydrogen-bond donors (Lipinski definition) is 1. The summed E-state index contributed by atoms with van der Waals surface area (Å²) >= 11 is 0. The van der Waals surface area contributed by atoms with Crippen LogP contribution in [0.4, 0.5) is 11.4 Å². The number of ether oxygens (including phenoxy) is 2. The SMILES string of the molecule is O=C(CN1CCC[C@H]1c1ccc2c(c1)OCCCO2)Nc1ccc([N+](=O)[O-])cc1. The summed E-state index contributed by atoms with van der Waals surface area (Å²) in [6, 6.07) is 12.0. The lowest BCUT2D eigenvalue weighted by Crippen LogP contribution is -2.32. The first-order chi connectivity index (χ1) is 14.1. The second-order valence-electron chi connectivity index (χ2n) is 7.24. The minimum absolute atomic E-state index is 0.00276. The minimum atomic E-state index is -0.463. The van der Waals surface area contributed by atoms with E-state index in [2.05, 4.69) is 10.2 Å². The molecule has 4 rings (SSSR count). The van der Waals surface area contributed by atoms with Crippen molar-refractivity contribution in [2.45, 2.75) is 25.3 Å². The fourth-order valence-electron chi connectivity index (χ4n) is 3.83. The lowest BCUT2D eigenvalue weighted by molar-refractivity contribution is -0.384. The van der Waals surface area contributed by atoms with Crippen molar-refractivity contribution in [3.8, 4) is 11.5 Å². The van der Waals surface area contributed by atoms with Crippen molar-refractivity contribution in [2.24, 2.45) is 0 Å². The van der Waals surface area contributed by atoms with Gasteiger partial charge in [-0.05, 0) is 49.2 Å². The number of non-ortho nitro benzene ring substituents is 1. The molecule has 0 aliphatic carbocycles. The Balaban J connectivity index is 1.41. The molecule has 1 fully saturated rings. The summed E-state index contributed by atoms with van der Waals surface area (Å²) in [5, 5.41) is 13.6. The first-order valence-electron chi connectivity index (χ1n) is 9.78. The normalized spacial score (nSPS) is 18.8. The molecule has 0 radical (unpaired) electrons. The number of anilines is 1. The summed E-state index contributed by atoms with van der Waals surface area (Å²) in [4.78, 5) is 24.9. The van der Waals surface area contributed by atoms with Gasteiger partial charge in [-0.1, -0.05) is 6.07 Å². The smallest absolute Gasteiger partial charge is 0.269 e. The molecular formula is C21H23N3O5. The van der Waals surface area contributed by atoms with Crippen molar-refractivity contribution in [1.82, 2.24) is 4.90 Å². The molecule has 0 aromatic heterocycles. The number of benzene rings is 2. The van der Waals surface area contributed by atoms with Crippen LogP contribution in [0.5, 0.6) is 11.5 Å². The second-order valence-corrected chi connectivity index (χ2v) is 7.24. The number of nitrogens with one attached hydrogen (secondary N) is 1. The largest absolute Gasteiger partial charge is 0.490 e. The molecular weight excluding hydrogens is 374 g/mol. The molecule has 2 aromatic carbocycles. The molecule has 1 saturated heterocycles. The molecule has 0 spiro atoms. The van der Waals surface area contributed by atoms with Crippen LogP contribution < -0.4 is 14.8 Å². The Bertz CT molecular complexity index is 900. The molecule has 152 valence electrons. The predicted molar refractivity (Wildman–Crippen MR) is 107 cm³/mol. The molecule has 2 aromatic rings. The fourth-order valence-corrected chi connectivity index (χ4v) is 3.83. The number of nitrogens with zero attached hydrogens (tertiary/aromatic N) is 2. The summed E-state index contributed by atoms with van der Waals surface area (Å²) < 4.78 is 11.5. The summed E-state index contributed by atoms with van der Waals surface area (Å²) in [6.45, 7) is 2.40. The zero-order valence-corrected chi connectivity index (χ0v) is 16.0. The summed E-state index contributed by atoms with van der Waals surface area (Å²) in [5.74, 6) is 1.40. The third-order valence-electron chi connectivity index (χ3n) is 5.23. The van der Waals surface area contributed by atoms with Crippen LogP contribution in [0.1, 0.15) is 30.9 Å². The van der Waals surface area contributed by atoms with Crippen molar-refractivity contribution < 1.29 is 19.2 Å². The van der Waals surface area contributed by atoms with Crippen LogP contribution in [0.25, 0.3) is 0 Å². The van der Waals surface area contributed by atoms with Crippen LogP contribution in [0.3, 0.4) is 0 Å². The average Bonchev–Trinajstić information content (AvgIpc) is 3.03. The highest BCUT2D eigenvalue weighted by Crippen LogP contribution is 2.37. The maximum Gasteiger partial charge on any atom is 0.269 e. The van der Waals surface area contributed by atoms with Gasteiger partial charge in [0, 0.05) is 30.3 Å². The molecule has 1 amide bonds. The molecule has 8 nitrogen and oxygen atoms in total. The van der Waals surface area contributed by atoms with Crippen molar-refractivity contribution in [2.75, 3.05) is 31.6 Å². The summed E-state index contributed by atoms with van der Waals surface area (Å²) in [7, 11) is 0. The van der Waals surface area contributed by atoms with E-state index in [0.717, 1.165) is 42.9 Å². The number of hydrogen-bond acceptors (Lipinski definition) is 6. The third-order valence-corrected chi connectivity index (χ3v) is 5.23. The Morgan fingerprint density at radius 3 is 2.62 bits per heavy atom. The van der Waals surface area contributed by atoms with Crippen molar-refractivity contribution in [3.05, 3.63) is 58.1 Å². The van der Waals surface area contributed by atoms with Gasteiger partial charge < -0.3 is 14.8 Å². The van der Waals surface area contributed by atoms with E-state index in [1.54, 1.807) is 12.1 Å². The summed E-state index contributed by atoms with van der Waals surface area (Å²) in [5.41, 5.74) is 1.67. The molecule has 29 heavy (non-hydrogen) atoms. The highest BCUT2D eigenvalue weighted by Gasteiger charge is 2.28. The van der Waals surface area contributed by atoms with Crippen LogP contribution >= 0.6 is 0 Å². The van der Waals surface area contributed by atoms with E-state index in [1.807, 2.05) is 18.2 Å². The quantitative estimate of drug-likeness (QED) is 0.613. The topological polar surface area (TPSA) is 93.9 Å². The minimum Gasteiger partial charge on any atom is -0.490 e. The molecule has 8 heteroatoms. The Labute approximate surface area is 168 Å². The van der Waals surface area contributed by atoms with E-state index in [0.29, 0.717) is 18.9 Å². The summed E-state index contributed by atoms with van der Waals surface area (Å²) in [6.07, 6.45) is 2.86. The lowest BCUT2D eigenvalue weighted by Gasteiger charge is -2.25. The standard InChI is InChI=1S/C21H23N3O5/c25-21(22-16-5-7-17(8-6-16)24(26)27)14-23-10-1-3-18(23)15-4-9-19-20(13-15)29-12-2-11-28-19/h4-9,13,18H,1-3,10-12,14H2,(H,22,25)/t18-/m0/s1. The highest BCUT2D eigenvalue weighted by molar-refractivity contribution is 5.92. The monoisotopic (exact) mass is 397 g/mol. The first kappa shape index (κ1) is 19.2. The van der Waals surface area contributed by atoms with E-state index in [-0.39, 0.29) is 24.2 Å². The molecule has 1 atom stereocenters. The average molecular weight is 397 g/mol. The van der Waals surface area contributed by atoms with Crippen LogP contribution in [0, 0.1) is 10.1 Å². The Hall–Kier alpha value is -3.13. The number of carbonyl (C=O) groups is 1. The predicted octanol–water partition coefficient (Wildman–Crippen LogP) is 3.53. The molecule has 0 bridgehead atoms. The van der Waals surface area contributed by atoms with E-state index in [1.165, 1.54) is 12.1 Å². The van der Waals surface area contributed by atoms with Crippen molar-refractivity contribution in [1.29, 1.82) is 0 Å². The number of rotatable bonds is 5. The van der Waals surface area contributed by atoms with Crippen LogP contribution in [-0.4, -0.2) is 42.0 Å². The van der Waals surface area contributed by atoms with Crippen LogP contribution in [-0.2, 0) is 4.79 Å². The van der Waals surface area contributed by atoms with Gasteiger partial charge in [-0.15, -0.1) is 0 Å². The molecule has 2 aliphatic heterocycles. The van der Waals surface area contributed by atoms with Gasteiger partial charge in [-0.2, -0.15) is 0 Å². The maximum atomic E-state index is 12.5. The maximum absolute atomic E-state index is 12.5. The number of nitro benzene ring substituents is 1. The molecule has 1 N–H and O–H groups in total. The van der Waals surface area contributed by atoms with Gasteiger partial charge in [0.25, 0.3) is 5.69 Å². The zero-order chi connectivity index (χ0) is 20.2. The number of carbonyl (C=O) groups excluding carboxylic acids is 1. The first-order valence-corrected chi connectivity index (χ1v) is 9.78. The third kappa shape index (κ3) is 4.48. The Morgan fingerprint density at radius 1 is 1.10 bits per heavy atom. The van der Waals surface area contributed by atoms with Crippen LogP contribution in [0.2, 0.25) is 0 Å². The van der Waals surface area contributed by atoms with E-state index in [4.69, 9.17) is 9.47 Å². The Kier molecular flexibility index (Phi) is 5.62. The van der Waals surface area contributed by atoms with Crippen molar-refractivity contribution in [3.63, 3.8) is 0 Å².